The van der Waals surface area contributed by atoms with Gasteiger partial charge in [-0.15, -0.1) is 10.2 Å². The fourth-order valence-electron chi connectivity index (χ4n) is 2.35. The van der Waals surface area contributed by atoms with Gasteiger partial charge in [0, 0.05) is 0 Å². The standard InChI is InChI=1S/C16H15N5.BrH/c1-12-7-3-5-9-14(12)20-18-16(11-17)19-21(20)15-10-6-4-8-13(15)2;/h3-10H,1-2H3,(H,18,19);1H. The molecule has 5 nitrogen and oxygen atoms in total. The van der Waals surface area contributed by atoms with E-state index in [0.29, 0.717) is 5.84 Å². The minimum atomic E-state index is 0. The van der Waals surface area contributed by atoms with Gasteiger partial charge in [-0.25, -0.2) is 0 Å². The number of para-hydroxylation sites is 2. The van der Waals surface area contributed by atoms with Crippen molar-refractivity contribution in [2.24, 2.45) is 5.10 Å². The Kier molecular flexibility index (Phi) is 4.81. The first-order valence-corrected chi connectivity index (χ1v) is 6.75. The van der Waals surface area contributed by atoms with Gasteiger partial charge in [0.1, 0.15) is 5.69 Å². The van der Waals surface area contributed by atoms with Crippen LogP contribution in [0.2, 0.25) is 0 Å². The lowest BCUT2D eigenvalue weighted by Crippen LogP contribution is -3.00. The summed E-state index contributed by atoms with van der Waals surface area (Å²) < 4.78 is 0. The van der Waals surface area contributed by atoms with Gasteiger partial charge in [0.25, 0.3) is 0 Å². The molecule has 2 N–H and O–H groups in total. The van der Waals surface area contributed by atoms with E-state index in [0.717, 1.165) is 22.5 Å². The molecule has 0 amide bonds. The molecule has 0 saturated heterocycles. The van der Waals surface area contributed by atoms with Crippen molar-refractivity contribution < 1.29 is 22.4 Å². The van der Waals surface area contributed by atoms with Crippen LogP contribution in [0.25, 0.3) is 0 Å². The predicted molar refractivity (Wildman–Crippen MR) is 82.3 cm³/mol. The first-order chi connectivity index (χ1) is 10.2. The van der Waals surface area contributed by atoms with Gasteiger partial charge in [0.15, 0.2) is 6.07 Å². The zero-order valence-corrected chi connectivity index (χ0v) is 13.9. The van der Waals surface area contributed by atoms with Crippen LogP contribution in [0.4, 0.5) is 11.4 Å². The third-order valence-corrected chi connectivity index (χ3v) is 3.46. The quantitative estimate of drug-likeness (QED) is 0.691. The lowest BCUT2D eigenvalue weighted by Gasteiger charge is -2.25. The van der Waals surface area contributed by atoms with Crippen LogP contribution in [0.3, 0.4) is 0 Å². The van der Waals surface area contributed by atoms with Crippen LogP contribution in [0.5, 0.6) is 0 Å². The molecule has 2 aromatic rings. The molecule has 6 heteroatoms. The second kappa shape index (κ2) is 6.60. The van der Waals surface area contributed by atoms with E-state index < -0.39 is 0 Å². The van der Waals surface area contributed by atoms with Gasteiger partial charge in [-0.05, 0) is 37.1 Å². The molecule has 0 aromatic heterocycles. The molecule has 0 fully saturated rings. The molecule has 1 heterocycles. The Morgan fingerprint density at radius 3 is 2.05 bits per heavy atom. The number of halogens is 1. The molecular weight excluding hydrogens is 342 g/mol. The molecule has 1 aliphatic heterocycles. The molecule has 0 unspecified atom stereocenters. The van der Waals surface area contributed by atoms with Crippen molar-refractivity contribution in [2.75, 3.05) is 10.2 Å². The number of hydrazine groups is 1. The normalized spacial score (nSPS) is 13.4. The number of hydrogen-bond donors (Lipinski definition) is 1. The number of nitrogens with two attached hydrogens (primary N) is 1. The monoisotopic (exact) mass is 357 g/mol. The summed E-state index contributed by atoms with van der Waals surface area (Å²) in [6, 6.07) is 18.2. The average Bonchev–Trinajstić information content (AvgIpc) is 2.92. The zero-order valence-electron chi connectivity index (χ0n) is 12.4. The van der Waals surface area contributed by atoms with Crippen molar-refractivity contribution in [3.05, 3.63) is 59.7 Å². The molecule has 0 atom stereocenters. The van der Waals surface area contributed by atoms with Crippen LogP contribution in [-0.2, 0) is 0 Å². The van der Waals surface area contributed by atoms with Crippen LogP contribution < -0.4 is 32.6 Å². The Labute approximate surface area is 140 Å². The molecule has 112 valence electrons. The average molecular weight is 358 g/mol. The fraction of sp³-hybridized carbons (Fsp3) is 0.125. The Hall–Kier alpha value is -2.36. The number of quaternary nitrogens is 1. The number of benzene rings is 2. The summed E-state index contributed by atoms with van der Waals surface area (Å²) in [6.07, 6.45) is 0. The number of aryl methyl sites for hydroxylation is 2. The van der Waals surface area contributed by atoms with Crippen molar-refractivity contribution in [3.8, 4) is 6.07 Å². The Morgan fingerprint density at radius 1 is 0.955 bits per heavy atom. The highest BCUT2D eigenvalue weighted by Crippen LogP contribution is 2.26. The summed E-state index contributed by atoms with van der Waals surface area (Å²) in [6.45, 7) is 4.08. The topological polar surface area (TPSA) is 59.2 Å². The molecule has 2 aromatic carbocycles. The molecule has 0 bridgehead atoms. The maximum atomic E-state index is 9.17. The second-order valence-corrected chi connectivity index (χ2v) is 4.93. The third-order valence-electron chi connectivity index (χ3n) is 3.46. The maximum Gasteiger partial charge on any atom is 0.349 e. The van der Waals surface area contributed by atoms with Crippen molar-refractivity contribution in [1.29, 1.82) is 5.26 Å². The highest BCUT2D eigenvalue weighted by Gasteiger charge is 2.31. The van der Waals surface area contributed by atoms with Crippen molar-refractivity contribution >= 4 is 17.2 Å². The van der Waals surface area contributed by atoms with E-state index in [-0.39, 0.29) is 17.0 Å². The minimum Gasteiger partial charge on any atom is -1.00 e. The van der Waals surface area contributed by atoms with Gasteiger partial charge in [0.05, 0.1) is 5.69 Å². The Balaban J connectivity index is 0.00000176. The van der Waals surface area contributed by atoms with Gasteiger partial charge in [-0.1, -0.05) is 41.5 Å². The number of nitriles is 1. The van der Waals surface area contributed by atoms with E-state index >= 15 is 0 Å². The van der Waals surface area contributed by atoms with E-state index in [4.69, 9.17) is 5.26 Å². The minimum absolute atomic E-state index is 0. The van der Waals surface area contributed by atoms with E-state index in [1.165, 1.54) is 0 Å². The summed E-state index contributed by atoms with van der Waals surface area (Å²) in [5.41, 5.74) is 5.96. The summed E-state index contributed by atoms with van der Waals surface area (Å²) in [5, 5.41) is 17.3. The van der Waals surface area contributed by atoms with Crippen molar-refractivity contribution in [2.45, 2.75) is 13.8 Å². The van der Waals surface area contributed by atoms with Gasteiger partial charge in [-0.3, -0.25) is 0 Å². The van der Waals surface area contributed by atoms with Gasteiger partial charge in [-0.2, -0.15) is 10.7 Å². The van der Waals surface area contributed by atoms with Gasteiger partial charge in [0.2, 0.25) is 0 Å². The molecule has 0 aliphatic carbocycles. The highest BCUT2D eigenvalue weighted by atomic mass is 79.9. The van der Waals surface area contributed by atoms with Crippen molar-refractivity contribution in [3.63, 3.8) is 0 Å². The van der Waals surface area contributed by atoms with Gasteiger partial charge >= 0.3 is 5.84 Å². The molecule has 3 rings (SSSR count). The molecule has 1 aliphatic rings. The summed E-state index contributed by atoms with van der Waals surface area (Å²) >= 11 is 0. The highest BCUT2D eigenvalue weighted by molar-refractivity contribution is 5.91. The first-order valence-electron chi connectivity index (χ1n) is 6.75. The number of anilines is 2. The number of nitrogens with zero attached hydrogens (tertiary/aromatic N) is 4. The van der Waals surface area contributed by atoms with Crippen molar-refractivity contribution in [1.82, 2.24) is 0 Å². The molecular formula is C16H16BrN5. The van der Waals surface area contributed by atoms with E-state index in [2.05, 4.69) is 11.2 Å². The third kappa shape index (κ3) is 2.82. The lowest BCUT2D eigenvalue weighted by molar-refractivity contribution is -0.544. The van der Waals surface area contributed by atoms with E-state index in [1.807, 2.05) is 67.5 Å². The molecule has 0 saturated carbocycles. The summed E-state index contributed by atoms with van der Waals surface area (Å²) in [7, 11) is 0. The molecule has 22 heavy (non-hydrogen) atoms. The number of hydrazone groups is 1. The SMILES string of the molecule is Cc1ccccc1N1N=C(C#N)[NH2+]N1c1ccccc1C.[Br-]. The summed E-state index contributed by atoms with van der Waals surface area (Å²) in [5.74, 6) is 0.390. The van der Waals surface area contributed by atoms with Crippen LogP contribution in [0.1, 0.15) is 11.1 Å². The Bertz CT molecular complexity index is 750. The zero-order chi connectivity index (χ0) is 14.8. The van der Waals surface area contributed by atoms with Gasteiger partial charge < -0.3 is 17.0 Å². The number of rotatable bonds is 2. The largest absolute Gasteiger partial charge is 1.00 e. The second-order valence-electron chi connectivity index (χ2n) is 4.93. The fourth-order valence-corrected chi connectivity index (χ4v) is 2.35. The smallest absolute Gasteiger partial charge is 0.349 e. The molecule has 0 radical (unpaired) electrons. The summed E-state index contributed by atoms with van der Waals surface area (Å²) in [4.78, 5) is 0. The number of amidine groups is 1. The predicted octanol–water partition coefficient (Wildman–Crippen LogP) is -1.14. The van der Waals surface area contributed by atoms with Crippen LogP contribution in [-0.4, -0.2) is 5.84 Å². The van der Waals surface area contributed by atoms with E-state index in [1.54, 1.807) is 10.5 Å². The lowest BCUT2D eigenvalue weighted by atomic mass is 10.2. The Morgan fingerprint density at radius 2 is 1.50 bits per heavy atom. The maximum absolute atomic E-state index is 9.17. The first kappa shape index (κ1) is 16.0. The van der Waals surface area contributed by atoms with Crippen LogP contribution >= 0.6 is 0 Å². The van der Waals surface area contributed by atoms with Crippen LogP contribution in [0.15, 0.2) is 53.6 Å². The van der Waals surface area contributed by atoms with Crippen LogP contribution in [0, 0.1) is 25.2 Å². The van der Waals surface area contributed by atoms with E-state index in [9.17, 15) is 0 Å². The molecule has 0 spiro atoms. The number of hydrogen-bond acceptors (Lipinski definition) is 4.